The largest absolute Gasteiger partial charge is 0.416 e. The number of amides is 1. The second kappa shape index (κ2) is 7.51. The van der Waals surface area contributed by atoms with Gasteiger partial charge in [-0.15, -0.1) is 0 Å². The number of hydrogen-bond acceptors (Lipinski definition) is 3. The van der Waals surface area contributed by atoms with E-state index in [1.807, 2.05) is 22.6 Å². The van der Waals surface area contributed by atoms with Crippen molar-refractivity contribution in [3.63, 3.8) is 0 Å². The molecule has 0 bridgehead atoms. The van der Waals surface area contributed by atoms with Crippen LogP contribution in [0.3, 0.4) is 0 Å². The van der Waals surface area contributed by atoms with Crippen molar-refractivity contribution in [2.75, 3.05) is 5.32 Å². The number of aromatic nitrogens is 2. The van der Waals surface area contributed by atoms with E-state index in [0.29, 0.717) is 6.07 Å². The van der Waals surface area contributed by atoms with Crippen molar-refractivity contribution in [1.82, 2.24) is 9.78 Å². The molecule has 1 amide bonds. The number of hydrogen-bond donors (Lipinski definition) is 1. The van der Waals surface area contributed by atoms with Crippen LogP contribution >= 0.6 is 34.2 Å². The lowest BCUT2D eigenvalue weighted by Gasteiger charge is -2.11. The molecule has 10 heteroatoms. The molecule has 24 heavy (non-hydrogen) atoms. The van der Waals surface area contributed by atoms with Gasteiger partial charge < -0.3 is 5.32 Å². The van der Waals surface area contributed by atoms with Gasteiger partial charge in [0.1, 0.15) is 6.54 Å². The first kappa shape index (κ1) is 18.7. The van der Waals surface area contributed by atoms with E-state index in [9.17, 15) is 22.8 Å². The predicted molar refractivity (Wildman–Crippen MR) is 89.7 cm³/mol. The summed E-state index contributed by atoms with van der Waals surface area (Å²) in [5, 5.41) is 5.99. The van der Waals surface area contributed by atoms with Gasteiger partial charge in [-0.25, -0.2) is 0 Å². The Morgan fingerprint density at radius 1 is 1.33 bits per heavy atom. The number of halogens is 5. The number of ketones is 1. The summed E-state index contributed by atoms with van der Waals surface area (Å²) < 4.78 is 39.9. The highest BCUT2D eigenvalue weighted by atomic mass is 127. The molecule has 1 N–H and O–H groups in total. The summed E-state index contributed by atoms with van der Waals surface area (Å²) in [6, 6.07) is 2.56. The first-order valence-electron chi connectivity index (χ1n) is 6.51. The maximum absolute atomic E-state index is 12.5. The van der Waals surface area contributed by atoms with Gasteiger partial charge in [0.05, 0.1) is 32.5 Å². The molecule has 0 aliphatic carbocycles. The molecule has 0 fully saturated rings. The van der Waals surface area contributed by atoms with Crippen LogP contribution in [0.5, 0.6) is 0 Å². The van der Waals surface area contributed by atoms with E-state index in [2.05, 4.69) is 10.4 Å². The fourth-order valence-electron chi connectivity index (χ4n) is 1.83. The minimum absolute atomic E-state index is 0.0103. The number of Topliss-reactive ketones (excluding diaryl/α,β-unsaturated/α-hetero) is 1. The second-order valence-electron chi connectivity index (χ2n) is 4.81. The zero-order valence-electron chi connectivity index (χ0n) is 11.9. The molecule has 0 unspecified atom stereocenters. The standard InChI is InChI=1S/C14H10ClF3IN3O2/c15-11-3-8(14(16,17)18)1-2-12(11)21-13(24)4-10(23)7-22-6-9(19)5-20-22/h1-3,5-6H,4,7H2,(H,21,24). The van der Waals surface area contributed by atoms with Crippen LogP contribution in [0, 0.1) is 3.57 Å². The van der Waals surface area contributed by atoms with Crippen LogP contribution < -0.4 is 5.32 Å². The molecule has 0 aliphatic heterocycles. The molecular formula is C14H10ClF3IN3O2. The molecule has 0 atom stereocenters. The van der Waals surface area contributed by atoms with Crippen LogP contribution in [0.1, 0.15) is 12.0 Å². The highest BCUT2D eigenvalue weighted by molar-refractivity contribution is 14.1. The Morgan fingerprint density at radius 3 is 2.58 bits per heavy atom. The summed E-state index contributed by atoms with van der Waals surface area (Å²) in [5.41, 5.74) is -0.911. The number of alkyl halides is 3. The van der Waals surface area contributed by atoms with Gasteiger partial charge in [-0.3, -0.25) is 14.3 Å². The van der Waals surface area contributed by atoms with Crippen molar-refractivity contribution >= 4 is 51.6 Å². The lowest BCUT2D eigenvalue weighted by molar-refractivity contribution is -0.137. The number of nitrogens with one attached hydrogen (secondary N) is 1. The molecule has 5 nitrogen and oxygen atoms in total. The molecular weight excluding hydrogens is 462 g/mol. The predicted octanol–water partition coefficient (Wildman–Crippen LogP) is 3.76. The van der Waals surface area contributed by atoms with Crippen molar-refractivity contribution in [2.45, 2.75) is 19.1 Å². The fourth-order valence-corrected chi connectivity index (χ4v) is 2.50. The molecule has 1 heterocycles. The minimum Gasteiger partial charge on any atom is -0.324 e. The molecule has 128 valence electrons. The smallest absolute Gasteiger partial charge is 0.324 e. The Bertz CT molecular complexity index is 777. The Labute approximate surface area is 153 Å². The van der Waals surface area contributed by atoms with E-state index < -0.39 is 29.9 Å². The number of rotatable bonds is 5. The van der Waals surface area contributed by atoms with Gasteiger partial charge in [-0.2, -0.15) is 18.3 Å². The van der Waals surface area contributed by atoms with Crippen LogP contribution in [0.2, 0.25) is 5.02 Å². The monoisotopic (exact) mass is 471 g/mol. The SMILES string of the molecule is O=C(CC(=O)Nc1ccc(C(F)(F)F)cc1Cl)Cn1cc(I)cn1. The van der Waals surface area contributed by atoms with Crippen LogP contribution in [0.4, 0.5) is 18.9 Å². The van der Waals surface area contributed by atoms with Crippen molar-refractivity contribution < 1.29 is 22.8 Å². The van der Waals surface area contributed by atoms with E-state index in [1.165, 1.54) is 4.68 Å². The number of anilines is 1. The summed E-state index contributed by atoms with van der Waals surface area (Å²) in [6.07, 6.45) is -1.75. The minimum atomic E-state index is -4.52. The summed E-state index contributed by atoms with van der Waals surface area (Å²) >= 11 is 7.76. The van der Waals surface area contributed by atoms with Crippen molar-refractivity contribution in [2.24, 2.45) is 0 Å². The maximum atomic E-state index is 12.5. The van der Waals surface area contributed by atoms with E-state index in [-0.39, 0.29) is 17.3 Å². The number of nitrogens with zero attached hydrogens (tertiary/aromatic N) is 2. The second-order valence-corrected chi connectivity index (χ2v) is 6.46. The third-order valence-corrected chi connectivity index (χ3v) is 3.74. The van der Waals surface area contributed by atoms with Crippen LogP contribution in [0.25, 0.3) is 0 Å². The molecule has 0 aliphatic rings. The normalized spacial score (nSPS) is 11.4. The average molecular weight is 472 g/mol. The fraction of sp³-hybridized carbons (Fsp3) is 0.214. The van der Waals surface area contributed by atoms with Crippen molar-refractivity contribution in [3.05, 3.63) is 44.7 Å². The number of carbonyl (C=O) groups excluding carboxylic acids is 2. The maximum Gasteiger partial charge on any atom is 0.416 e. The van der Waals surface area contributed by atoms with E-state index in [0.717, 1.165) is 15.7 Å². The highest BCUT2D eigenvalue weighted by Crippen LogP contribution is 2.33. The quantitative estimate of drug-likeness (QED) is 0.534. The third kappa shape index (κ3) is 5.20. The Morgan fingerprint density at radius 2 is 2.04 bits per heavy atom. The van der Waals surface area contributed by atoms with Gasteiger partial charge in [-0.05, 0) is 40.8 Å². The molecule has 1 aromatic carbocycles. The van der Waals surface area contributed by atoms with E-state index in [1.54, 1.807) is 12.4 Å². The summed E-state index contributed by atoms with van der Waals surface area (Å²) in [5.74, 6) is -1.06. The highest BCUT2D eigenvalue weighted by Gasteiger charge is 2.31. The van der Waals surface area contributed by atoms with Gasteiger partial charge in [0.2, 0.25) is 5.91 Å². The molecule has 0 saturated carbocycles. The summed E-state index contributed by atoms with van der Waals surface area (Å²) in [4.78, 5) is 23.6. The van der Waals surface area contributed by atoms with Gasteiger partial charge in [0.25, 0.3) is 0 Å². The number of carbonyl (C=O) groups is 2. The van der Waals surface area contributed by atoms with E-state index >= 15 is 0 Å². The Balaban J connectivity index is 1.95. The summed E-state index contributed by atoms with van der Waals surface area (Å²) in [6.45, 7) is -0.0723. The van der Waals surface area contributed by atoms with Crippen LogP contribution in [-0.4, -0.2) is 21.5 Å². The molecule has 0 spiro atoms. The van der Waals surface area contributed by atoms with Gasteiger partial charge in [0, 0.05) is 6.20 Å². The van der Waals surface area contributed by atoms with Gasteiger partial charge in [0.15, 0.2) is 5.78 Å². The first-order valence-corrected chi connectivity index (χ1v) is 7.97. The molecule has 0 saturated heterocycles. The van der Waals surface area contributed by atoms with Crippen molar-refractivity contribution in [3.8, 4) is 0 Å². The molecule has 2 rings (SSSR count). The number of benzene rings is 1. The third-order valence-electron chi connectivity index (χ3n) is 2.87. The average Bonchev–Trinajstić information content (AvgIpc) is 2.84. The molecule has 2 aromatic rings. The topological polar surface area (TPSA) is 64.0 Å². The zero-order chi connectivity index (χ0) is 17.9. The van der Waals surface area contributed by atoms with Gasteiger partial charge >= 0.3 is 6.18 Å². The van der Waals surface area contributed by atoms with Gasteiger partial charge in [-0.1, -0.05) is 11.6 Å². The first-order chi connectivity index (χ1) is 11.1. The Kier molecular flexibility index (Phi) is 5.86. The van der Waals surface area contributed by atoms with Crippen molar-refractivity contribution in [1.29, 1.82) is 0 Å². The Hall–Kier alpha value is -1.62. The molecule has 0 radical (unpaired) electrons. The van der Waals surface area contributed by atoms with Crippen LogP contribution in [0.15, 0.2) is 30.6 Å². The zero-order valence-corrected chi connectivity index (χ0v) is 14.8. The van der Waals surface area contributed by atoms with E-state index in [4.69, 9.17) is 11.6 Å². The van der Waals surface area contributed by atoms with Crippen LogP contribution in [-0.2, 0) is 22.3 Å². The lowest BCUT2D eigenvalue weighted by Crippen LogP contribution is -2.20. The summed E-state index contributed by atoms with van der Waals surface area (Å²) in [7, 11) is 0. The lowest BCUT2D eigenvalue weighted by atomic mass is 10.2. The molecule has 1 aromatic heterocycles.